The van der Waals surface area contributed by atoms with Gasteiger partial charge in [-0.3, -0.25) is 4.79 Å². The van der Waals surface area contributed by atoms with Crippen molar-refractivity contribution in [1.82, 2.24) is 19.7 Å². The zero-order valence-corrected chi connectivity index (χ0v) is 29.9. The normalized spacial score (nSPS) is 22.4. The molecule has 0 bridgehead atoms. The number of aromatic nitrogens is 4. The van der Waals surface area contributed by atoms with E-state index in [0.29, 0.717) is 52.1 Å². The number of fused-ring (bicyclic) bond motifs is 1. The molecule has 2 saturated carbocycles. The van der Waals surface area contributed by atoms with E-state index in [1.807, 2.05) is 19.1 Å². The van der Waals surface area contributed by atoms with Crippen LogP contribution in [0.3, 0.4) is 0 Å². The molecule has 1 aliphatic heterocycles. The van der Waals surface area contributed by atoms with Gasteiger partial charge in [0.15, 0.2) is 16.8 Å². The van der Waals surface area contributed by atoms with Gasteiger partial charge in [0.25, 0.3) is 5.91 Å². The van der Waals surface area contributed by atoms with Crippen molar-refractivity contribution in [2.75, 3.05) is 4.90 Å². The maximum atomic E-state index is 15.4. The summed E-state index contributed by atoms with van der Waals surface area (Å²) < 4.78 is 16.7. The lowest BCUT2D eigenvalue weighted by Gasteiger charge is -2.41. The van der Waals surface area contributed by atoms with Gasteiger partial charge in [-0.05, 0) is 63.0 Å². The molecule has 2 aromatic rings. The molecule has 2 fully saturated rings. The Hall–Kier alpha value is -3.45. The third kappa shape index (κ3) is 6.85. The molecule has 0 radical (unpaired) electrons. The van der Waals surface area contributed by atoms with Gasteiger partial charge >= 0.3 is 0 Å². The number of nitriles is 1. The van der Waals surface area contributed by atoms with Gasteiger partial charge in [-0.2, -0.15) is 9.94 Å². The number of carbonyl (C=O) groups is 1. The molecule has 0 saturated heterocycles. The average Bonchev–Trinajstić information content (AvgIpc) is 3.74. The molecule has 2 unspecified atom stereocenters. The summed E-state index contributed by atoms with van der Waals surface area (Å²) >= 11 is 1.56. The summed E-state index contributed by atoms with van der Waals surface area (Å²) in [6.45, 7) is 8.04. The van der Waals surface area contributed by atoms with Gasteiger partial charge in [-0.1, -0.05) is 95.6 Å². The number of anilines is 1. The topological polar surface area (TPSA) is 100 Å². The molecule has 6 rings (SSSR count). The van der Waals surface area contributed by atoms with E-state index in [4.69, 9.17) is 15.0 Å². The molecule has 3 aliphatic carbocycles. The van der Waals surface area contributed by atoms with Crippen molar-refractivity contribution in [3.8, 4) is 6.07 Å². The lowest BCUT2D eigenvalue weighted by molar-refractivity contribution is 0.0941. The summed E-state index contributed by atoms with van der Waals surface area (Å²) in [7, 11) is 0. The maximum Gasteiger partial charge on any atom is 0.291 e. The number of thiazole rings is 1. The molecule has 256 valence electrons. The smallest absolute Gasteiger partial charge is 0.291 e. The molecule has 0 amide bonds. The molecule has 0 N–H and O–H groups in total. The van der Waals surface area contributed by atoms with Crippen LogP contribution in [0.2, 0.25) is 0 Å². The molecular weight excluding hydrogens is 622 g/mol. The fourth-order valence-corrected chi connectivity index (χ4v) is 9.05. The van der Waals surface area contributed by atoms with E-state index in [0.717, 1.165) is 67.6 Å². The highest BCUT2D eigenvalue weighted by atomic mass is 32.1. The first-order valence-electron chi connectivity index (χ1n) is 18.4. The second-order valence-electron chi connectivity index (χ2n) is 13.9. The van der Waals surface area contributed by atoms with E-state index < -0.39 is 12.1 Å². The molecule has 0 aromatic carbocycles. The molecule has 4 aliphatic rings. The fourth-order valence-electron chi connectivity index (χ4n) is 7.93. The summed E-state index contributed by atoms with van der Waals surface area (Å²) in [5.74, 6) is 0.633. The van der Waals surface area contributed by atoms with Crippen LogP contribution in [-0.2, 0) is 0 Å². The molecule has 48 heavy (non-hydrogen) atoms. The second-order valence-corrected chi connectivity index (χ2v) is 14.9. The van der Waals surface area contributed by atoms with Gasteiger partial charge in [0.05, 0.1) is 0 Å². The summed E-state index contributed by atoms with van der Waals surface area (Å²) in [5.41, 5.74) is 3.29. The highest BCUT2D eigenvalue weighted by molar-refractivity contribution is 7.19. The Morgan fingerprint density at radius 2 is 1.75 bits per heavy atom. The molecule has 8 nitrogen and oxygen atoms in total. The minimum atomic E-state index is -1.06. The summed E-state index contributed by atoms with van der Waals surface area (Å²) in [4.78, 5) is 31.6. The Kier molecular flexibility index (Phi) is 11.0. The number of halogens is 1. The molecular formula is C38H50FN7OS. The van der Waals surface area contributed by atoms with Crippen LogP contribution >= 0.6 is 11.3 Å². The van der Waals surface area contributed by atoms with Gasteiger partial charge in [0.1, 0.15) is 34.2 Å². The van der Waals surface area contributed by atoms with E-state index in [1.165, 1.54) is 43.2 Å². The van der Waals surface area contributed by atoms with Crippen molar-refractivity contribution in [2.45, 2.75) is 155 Å². The van der Waals surface area contributed by atoms with Crippen LogP contribution in [-0.4, -0.2) is 49.6 Å². The zero-order valence-electron chi connectivity index (χ0n) is 29.1. The van der Waals surface area contributed by atoms with Crippen LogP contribution in [0.25, 0.3) is 5.57 Å². The Morgan fingerprint density at radius 1 is 1.06 bits per heavy atom. The van der Waals surface area contributed by atoms with E-state index in [9.17, 15) is 10.1 Å². The number of nitrogens with zero attached hydrogens (tertiary/aromatic N) is 7. The number of alkyl halides is 1. The van der Waals surface area contributed by atoms with E-state index >= 15 is 4.39 Å². The lowest BCUT2D eigenvalue weighted by Crippen LogP contribution is -2.45. The van der Waals surface area contributed by atoms with Crippen molar-refractivity contribution in [3.63, 3.8) is 0 Å². The summed E-state index contributed by atoms with van der Waals surface area (Å²) in [6, 6.07) is 2.99. The first-order chi connectivity index (χ1) is 23.4. The number of carbonyl (C=O) groups excluding carboxylic acids is 1. The Morgan fingerprint density at radius 3 is 2.33 bits per heavy atom. The van der Waals surface area contributed by atoms with E-state index in [-0.39, 0.29) is 17.9 Å². The predicted octanol–water partition coefficient (Wildman–Crippen LogP) is 9.97. The van der Waals surface area contributed by atoms with E-state index in [1.54, 1.807) is 18.3 Å². The van der Waals surface area contributed by atoms with Crippen LogP contribution in [0.1, 0.15) is 158 Å². The van der Waals surface area contributed by atoms with Crippen molar-refractivity contribution >= 4 is 38.7 Å². The minimum absolute atomic E-state index is 0.0212. The van der Waals surface area contributed by atoms with Crippen LogP contribution in [0, 0.1) is 11.3 Å². The SMILES string of the molecule is CCCCC(CC)c1nc2n(n1)C(=O)C(C#N)=C(C)/C2=N/c1sc(N(C2CCCCC2)C2CCCCC2)nc1C1=CC=C(CC)C(F)C1. The van der Waals surface area contributed by atoms with Gasteiger partial charge in [-0.15, -0.1) is 5.10 Å². The van der Waals surface area contributed by atoms with Gasteiger partial charge in [-0.25, -0.2) is 19.4 Å². The first-order valence-corrected chi connectivity index (χ1v) is 19.2. The van der Waals surface area contributed by atoms with Crippen molar-refractivity contribution in [2.24, 2.45) is 4.99 Å². The van der Waals surface area contributed by atoms with Crippen molar-refractivity contribution < 1.29 is 9.18 Å². The van der Waals surface area contributed by atoms with E-state index in [2.05, 4.69) is 29.9 Å². The molecule has 2 atom stereocenters. The molecule has 0 spiro atoms. The highest BCUT2D eigenvalue weighted by Crippen LogP contribution is 2.45. The van der Waals surface area contributed by atoms with Crippen LogP contribution in [0.15, 0.2) is 33.9 Å². The molecule has 3 heterocycles. The third-order valence-electron chi connectivity index (χ3n) is 10.8. The Bertz CT molecular complexity index is 1640. The van der Waals surface area contributed by atoms with Crippen molar-refractivity contribution in [1.29, 1.82) is 5.26 Å². The quantitative estimate of drug-likeness (QED) is 0.236. The monoisotopic (exact) mass is 671 g/mol. The Balaban J connectivity index is 1.51. The van der Waals surface area contributed by atoms with Gasteiger partial charge in [0.2, 0.25) is 0 Å². The number of allylic oxidation sites excluding steroid dienone is 6. The van der Waals surface area contributed by atoms with Gasteiger partial charge in [0, 0.05) is 30.0 Å². The number of rotatable bonds is 11. The summed E-state index contributed by atoms with van der Waals surface area (Å²) in [6.07, 6.45) is 19.8. The van der Waals surface area contributed by atoms with Crippen molar-refractivity contribution in [3.05, 3.63) is 46.2 Å². The minimum Gasteiger partial charge on any atom is -0.342 e. The zero-order chi connectivity index (χ0) is 33.8. The third-order valence-corrected chi connectivity index (χ3v) is 11.8. The molecule has 10 heteroatoms. The highest BCUT2D eigenvalue weighted by Gasteiger charge is 2.36. The standard InChI is InChI=1S/C38H50FN7OS/c1-5-8-15-26(7-3)34-43-35-32(24(4)30(23-40)37(47)46(35)44-34)41-36-33(27-21-20-25(6-2)31(39)22-27)42-38(48-36)45(28-16-11-9-12-17-28)29-18-13-10-14-19-29/h20-21,26,28-29,31H,5-19,22H2,1-4H3/b41-32-. The summed E-state index contributed by atoms with van der Waals surface area (Å²) in [5, 5.41) is 16.4. The average molecular weight is 672 g/mol. The number of hydrogen-bond donors (Lipinski definition) is 0. The number of aliphatic imine (C=N–C) groups is 1. The van der Waals surface area contributed by atoms with Gasteiger partial charge < -0.3 is 4.90 Å². The number of unbranched alkanes of at least 4 members (excludes halogenated alkanes) is 1. The molecule has 2 aromatic heterocycles. The Labute approximate surface area is 289 Å². The first kappa shape index (κ1) is 34.4. The predicted molar refractivity (Wildman–Crippen MR) is 192 cm³/mol. The van der Waals surface area contributed by atoms with Crippen LogP contribution in [0.4, 0.5) is 14.5 Å². The largest absolute Gasteiger partial charge is 0.342 e. The van der Waals surface area contributed by atoms with Crippen LogP contribution in [0.5, 0.6) is 0 Å². The fraction of sp³-hybridized carbons (Fsp3) is 0.632. The lowest BCUT2D eigenvalue weighted by atomic mass is 9.89. The number of hydrogen-bond acceptors (Lipinski definition) is 8. The second kappa shape index (κ2) is 15.4. The maximum absolute atomic E-state index is 15.4. The van der Waals surface area contributed by atoms with Crippen LogP contribution < -0.4 is 4.90 Å².